The van der Waals surface area contributed by atoms with Crippen molar-refractivity contribution in [1.82, 2.24) is 20.3 Å². The van der Waals surface area contributed by atoms with E-state index in [0.717, 1.165) is 12.1 Å². The minimum Gasteiger partial charge on any atom is -0.309 e. The number of nitrogens with zero attached hydrogens (tertiary/aromatic N) is 3. The Hall–Kier alpha value is -1.89. The van der Waals surface area contributed by atoms with Crippen LogP contribution in [0.25, 0.3) is 5.69 Å². The Balaban J connectivity index is 2.20. The highest BCUT2D eigenvalue weighted by Gasteiger charge is 2.30. The Morgan fingerprint density at radius 3 is 2.70 bits per heavy atom. The van der Waals surface area contributed by atoms with E-state index in [0.29, 0.717) is 18.3 Å². The van der Waals surface area contributed by atoms with Gasteiger partial charge in [-0.3, -0.25) is 0 Å². The molecule has 108 valence electrons. The van der Waals surface area contributed by atoms with Crippen LogP contribution >= 0.6 is 0 Å². The molecule has 0 aliphatic carbocycles. The highest BCUT2D eigenvalue weighted by atomic mass is 19.4. The monoisotopic (exact) mass is 284 g/mol. The van der Waals surface area contributed by atoms with Crippen LogP contribution in [0.3, 0.4) is 0 Å². The molecular weight excluding hydrogens is 269 g/mol. The number of aromatic nitrogens is 3. The molecule has 0 fully saturated rings. The fourth-order valence-electron chi connectivity index (χ4n) is 1.62. The van der Waals surface area contributed by atoms with Crippen molar-refractivity contribution in [3.8, 4) is 5.69 Å². The first-order valence-corrected chi connectivity index (χ1v) is 6.18. The predicted molar refractivity (Wildman–Crippen MR) is 68.3 cm³/mol. The van der Waals surface area contributed by atoms with Crippen molar-refractivity contribution >= 4 is 0 Å². The zero-order chi connectivity index (χ0) is 14.8. The molecule has 0 spiro atoms. The van der Waals surface area contributed by atoms with E-state index in [4.69, 9.17) is 0 Å². The van der Waals surface area contributed by atoms with Gasteiger partial charge < -0.3 is 5.32 Å². The van der Waals surface area contributed by atoms with E-state index in [1.807, 2.05) is 13.8 Å². The summed E-state index contributed by atoms with van der Waals surface area (Å²) in [5.41, 5.74) is 0.251. The summed E-state index contributed by atoms with van der Waals surface area (Å²) in [5, 5.41) is 11.3. The van der Waals surface area contributed by atoms with Crippen molar-refractivity contribution < 1.29 is 13.2 Å². The second kappa shape index (κ2) is 5.62. The maximum atomic E-state index is 12.6. The van der Waals surface area contributed by atoms with Crippen LogP contribution in [0.4, 0.5) is 13.2 Å². The van der Waals surface area contributed by atoms with Gasteiger partial charge in [-0.2, -0.15) is 28.2 Å². The predicted octanol–water partition coefficient (Wildman–Crippen LogP) is 2.78. The summed E-state index contributed by atoms with van der Waals surface area (Å²) in [5.74, 6) is 0. The molecule has 0 saturated heterocycles. The average Bonchev–Trinajstić information content (AvgIpc) is 2.84. The van der Waals surface area contributed by atoms with Crippen LogP contribution in [0.2, 0.25) is 0 Å². The van der Waals surface area contributed by atoms with E-state index in [-0.39, 0.29) is 5.69 Å². The number of rotatable bonds is 4. The zero-order valence-corrected chi connectivity index (χ0v) is 11.1. The smallest absolute Gasteiger partial charge is 0.309 e. The van der Waals surface area contributed by atoms with Crippen LogP contribution in [0.5, 0.6) is 0 Å². The summed E-state index contributed by atoms with van der Waals surface area (Å²) < 4.78 is 37.9. The molecule has 0 atom stereocenters. The van der Waals surface area contributed by atoms with Crippen molar-refractivity contribution in [2.75, 3.05) is 0 Å². The average molecular weight is 284 g/mol. The van der Waals surface area contributed by atoms with E-state index in [1.165, 1.54) is 23.1 Å². The first-order valence-electron chi connectivity index (χ1n) is 6.18. The third-order valence-electron chi connectivity index (χ3n) is 2.64. The van der Waals surface area contributed by atoms with Gasteiger partial charge in [0.2, 0.25) is 0 Å². The van der Waals surface area contributed by atoms with Gasteiger partial charge in [0.25, 0.3) is 0 Å². The van der Waals surface area contributed by atoms with Gasteiger partial charge in [-0.25, -0.2) is 0 Å². The van der Waals surface area contributed by atoms with Crippen molar-refractivity contribution in [2.24, 2.45) is 0 Å². The van der Waals surface area contributed by atoms with E-state index in [9.17, 15) is 13.2 Å². The van der Waals surface area contributed by atoms with Gasteiger partial charge in [0.1, 0.15) is 0 Å². The van der Waals surface area contributed by atoms with E-state index >= 15 is 0 Å². The van der Waals surface area contributed by atoms with Gasteiger partial charge in [0.15, 0.2) is 0 Å². The van der Waals surface area contributed by atoms with Crippen LogP contribution < -0.4 is 5.32 Å². The molecule has 0 bridgehead atoms. The lowest BCUT2D eigenvalue weighted by molar-refractivity contribution is -0.137. The van der Waals surface area contributed by atoms with Crippen LogP contribution in [-0.4, -0.2) is 21.0 Å². The van der Waals surface area contributed by atoms with Gasteiger partial charge in [-0.05, 0) is 18.2 Å². The first kappa shape index (κ1) is 14.5. The maximum absolute atomic E-state index is 12.6. The molecule has 1 aromatic heterocycles. The molecule has 0 saturated carbocycles. The number of halogens is 3. The number of hydrogen-bond acceptors (Lipinski definition) is 3. The molecule has 1 heterocycles. The van der Waals surface area contributed by atoms with Crippen LogP contribution in [0.1, 0.15) is 25.1 Å². The van der Waals surface area contributed by atoms with E-state index in [1.54, 1.807) is 0 Å². The van der Waals surface area contributed by atoms with Crippen LogP contribution in [0, 0.1) is 0 Å². The standard InChI is InChI=1S/C13H15F3N4/c1-9(2)17-7-11-8-18-20(19-11)12-5-3-4-10(6-12)13(14,15)16/h3-6,8-9,17H,7H2,1-2H3. The molecule has 0 amide bonds. The summed E-state index contributed by atoms with van der Waals surface area (Å²) in [6.07, 6.45) is -2.83. The number of nitrogens with one attached hydrogen (secondary N) is 1. The number of benzene rings is 1. The van der Waals surface area contributed by atoms with Gasteiger partial charge in [0.05, 0.1) is 23.1 Å². The summed E-state index contributed by atoms with van der Waals surface area (Å²) >= 11 is 0. The number of hydrogen-bond donors (Lipinski definition) is 1. The molecule has 0 radical (unpaired) electrons. The zero-order valence-electron chi connectivity index (χ0n) is 11.1. The second-order valence-electron chi connectivity index (χ2n) is 4.71. The molecule has 0 aliphatic heterocycles. The first-order chi connectivity index (χ1) is 9.36. The minimum atomic E-state index is -4.37. The summed E-state index contributed by atoms with van der Waals surface area (Å²) in [6.45, 7) is 4.52. The summed E-state index contributed by atoms with van der Waals surface area (Å²) in [6, 6.07) is 5.23. The normalized spacial score (nSPS) is 12.1. The highest BCUT2D eigenvalue weighted by Crippen LogP contribution is 2.30. The third kappa shape index (κ3) is 3.57. The lowest BCUT2D eigenvalue weighted by Crippen LogP contribution is -2.22. The summed E-state index contributed by atoms with van der Waals surface area (Å²) in [4.78, 5) is 1.20. The molecule has 0 unspecified atom stereocenters. The molecule has 2 aromatic rings. The highest BCUT2D eigenvalue weighted by molar-refractivity contribution is 5.35. The Morgan fingerprint density at radius 2 is 2.05 bits per heavy atom. The van der Waals surface area contributed by atoms with Crippen molar-refractivity contribution in [3.63, 3.8) is 0 Å². The Morgan fingerprint density at radius 1 is 1.30 bits per heavy atom. The second-order valence-corrected chi connectivity index (χ2v) is 4.71. The van der Waals surface area contributed by atoms with E-state index in [2.05, 4.69) is 15.5 Å². The van der Waals surface area contributed by atoms with Gasteiger partial charge in [0, 0.05) is 12.6 Å². The maximum Gasteiger partial charge on any atom is 0.416 e. The van der Waals surface area contributed by atoms with Crippen LogP contribution in [0.15, 0.2) is 30.5 Å². The Bertz CT molecular complexity index is 575. The lowest BCUT2D eigenvalue weighted by atomic mass is 10.2. The number of alkyl halides is 3. The fraction of sp³-hybridized carbons (Fsp3) is 0.385. The molecular formula is C13H15F3N4. The molecule has 1 aromatic carbocycles. The molecule has 2 rings (SSSR count). The van der Waals surface area contributed by atoms with Crippen LogP contribution in [-0.2, 0) is 12.7 Å². The van der Waals surface area contributed by atoms with Gasteiger partial charge in [-0.15, -0.1) is 0 Å². The van der Waals surface area contributed by atoms with Gasteiger partial charge >= 0.3 is 6.18 Å². The molecule has 1 N–H and O–H groups in total. The minimum absolute atomic E-state index is 0.288. The van der Waals surface area contributed by atoms with E-state index < -0.39 is 11.7 Å². The van der Waals surface area contributed by atoms with Crippen molar-refractivity contribution in [3.05, 3.63) is 41.7 Å². The van der Waals surface area contributed by atoms with Gasteiger partial charge in [-0.1, -0.05) is 19.9 Å². The Kier molecular flexibility index (Phi) is 4.08. The SMILES string of the molecule is CC(C)NCc1cnn(-c2cccc(C(F)(F)F)c2)n1. The third-order valence-corrected chi connectivity index (χ3v) is 2.64. The Labute approximate surface area is 114 Å². The van der Waals surface area contributed by atoms with Crippen molar-refractivity contribution in [1.29, 1.82) is 0 Å². The molecule has 4 nitrogen and oxygen atoms in total. The molecule has 7 heteroatoms. The summed E-state index contributed by atoms with van der Waals surface area (Å²) in [7, 11) is 0. The topological polar surface area (TPSA) is 42.7 Å². The quantitative estimate of drug-likeness (QED) is 0.938. The van der Waals surface area contributed by atoms with Crippen molar-refractivity contribution in [2.45, 2.75) is 32.6 Å². The lowest BCUT2D eigenvalue weighted by Gasteiger charge is -2.08. The largest absolute Gasteiger partial charge is 0.416 e. The molecule has 0 aliphatic rings. The molecule has 20 heavy (non-hydrogen) atoms. The fourth-order valence-corrected chi connectivity index (χ4v) is 1.62.